The molecule has 0 saturated carbocycles. The summed E-state index contributed by atoms with van der Waals surface area (Å²) >= 11 is 12.3. The summed E-state index contributed by atoms with van der Waals surface area (Å²) in [6, 6.07) is 15.6. The van der Waals surface area contributed by atoms with Crippen LogP contribution >= 0.6 is 23.2 Å². The number of nitrogens with zero attached hydrogens (tertiary/aromatic N) is 2. The van der Waals surface area contributed by atoms with E-state index in [4.69, 9.17) is 27.9 Å². The van der Waals surface area contributed by atoms with Gasteiger partial charge in [-0.2, -0.15) is 0 Å². The molecule has 0 aromatic heterocycles. The highest BCUT2D eigenvalue weighted by Gasteiger charge is 2.22. The molecule has 0 bridgehead atoms. The first-order chi connectivity index (χ1) is 17.8. The highest BCUT2D eigenvalue weighted by atomic mass is 35.5. The average Bonchev–Trinajstić information content (AvgIpc) is 2.88. The van der Waals surface area contributed by atoms with Crippen molar-refractivity contribution in [1.82, 2.24) is 4.90 Å². The van der Waals surface area contributed by atoms with E-state index in [1.165, 1.54) is 18.2 Å². The number of hydrogen-bond donors (Lipinski definition) is 3. The Morgan fingerprint density at radius 1 is 0.919 bits per heavy atom. The second-order valence-corrected chi connectivity index (χ2v) is 9.01. The molecule has 4 rings (SSSR count). The Morgan fingerprint density at radius 2 is 1.59 bits per heavy atom. The number of para-hydroxylation sites is 1. The number of rotatable bonds is 6. The fourth-order valence-electron chi connectivity index (χ4n) is 3.89. The van der Waals surface area contributed by atoms with E-state index in [9.17, 15) is 14.0 Å². The van der Waals surface area contributed by atoms with Gasteiger partial charge in [-0.1, -0.05) is 29.3 Å². The van der Waals surface area contributed by atoms with Crippen LogP contribution in [0.5, 0.6) is 5.75 Å². The number of urea groups is 2. The monoisotopic (exact) mass is 545 g/mol. The van der Waals surface area contributed by atoms with Gasteiger partial charge >= 0.3 is 12.1 Å². The van der Waals surface area contributed by atoms with Gasteiger partial charge in [-0.05, 0) is 55.5 Å². The Hall–Kier alpha value is -3.69. The van der Waals surface area contributed by atoms with E-state index in [0.717, 1.165) is 5.69 Å². The van der Waals surface area contributed by atoms with Crippen LogP contribution in [0.25, 0.3) is 0 Å². The largest absolute Gasteiger partial charge is 0.492 e. The maximum atomic E-state index is 13.6. The normalized spacial score (nSPS) is 13.2. The summed E-state index contributed by atoms with van der Waals surface area (Å²) in [6.07, 6.45) is 0. The first-order valence-electron chi connectivity index (χ1n) is 11.7. The molecular weight excluding hydrogens is 520 g/mol. The molecule has 0 radical (unpaired) electrons. The molecule has 0 spiro atoms. The number of carbonyl (C=O) groups excluding carboxylic acids is 2. The molecule has 37 heavy (non-hydrogen) atoms. The summed E-state index contributed by atoms with van der Waals surface area (Å²) in [6.45, 7) is 4.50. The molecule has 1 aliphatic heterocycles. The van der Waals surface area contributed by atoms with Crippen LogP contribution in [0.15, 0.2) is 60.7 Å². The van der Waals surface area contributed by atoms with Gasteiger partial charge in [-0.25, -0.2) is 14.0 Å². The first-order valence-corrected chi connectivity index (χ1v) is 12.4. The molecule has 1 aliphatic rings. The van der Waals surface area contributed by atoms with E-state index in [1.54, 1.807) is 42.2 Å². The van der Waals surface area contributed by atoms with Crippen molar-refractivity contribution < 1.29 is 18.7 Å². The number of carbonyl (C=O) groups is 2. The average molecular weight is 546 g/mol. The fourth-order valence-corrected chi connectivity index (χ4v) is 4.38. The predicted octanol–water partition coefficient (Wildman–Crippen LogP) is 6.53. The molecule has 194 valence electrons. The topological polar surface area (TPSA) is 85.9 Å². The molecule has 1 saturated heterocycles. The second kappa shape index (κ2) is 12.0. The lowest BCUT2D eigenvalue weighted by Gasteiger charge is -2.36. The van der Waals surface area contributed by atoms with Crippen LogP contribution in [-0.2, 0) is 0 Å². The van der Waals surface area contributed by atoms with Crippen LogP contribution in [0.2, 0.25) is 10.0 Å². The predicted molar refractivity (Wildman–Crippen MR) is 146 cm³/mol. The minimum Gasteiger partial charge on any atom is -0.492 e. The van der Waals surface area contributed by atoms with Crippen LogP contribution in [0.4, 0.5) is 36.7 Å². The van der Waals surface area contributed by atoms with Crippen LogP contribution < -0.4 is 25.6 Å². The van der Waals surface area contributed by atoms with Crippen molar-refractivity contribution in [3.63, 3.8) is 0 Å². The van der Waals surface area contributed by atoms with Gasteiger partial charge < -0.3 is 30.5 Å². The molecule has 4 amide bonds. The Balaban J connectivity index is 1.29. The molecular formula is C26H26Cl2FN5O3. The zero-order chi connectivity index (χ0) is 26.4. The molecule has 3 aromatic carbocycles. The molecule has 3 aromatic rings. The molecule has 8 nitrogen and oxygen atoms in total. The maximum Gasteiger partial charge on any atom is 0.323 e. The number of ether oxygens (including phenoxy) is 1. The van der Waals surface area contributed by atoms with Crippen LogP contribution in [0, 0.1) is 5.82 Å². The Kier molecular flexibility index (Phi) is 8.58. The molecule has 1 fully saturated rings. The number of piperazine rings is 1. The Morgan fingerprint density at radius 3 is 2.24 bits per heavy atom. The van der Waals surface area contributed by atoms with E-state index in [2.05, 4.69) is 20.9 Å². The standard InChI is InChI=1S/C26H26Cl2FN5O3/c1-2-37-23-11-6-17(29)16-22(23)31-25(35)30-18-7-9-19(10-8-18)33-12-14-34(15-13-33)26(36)32-24-20(27)4-3-5-21(24)28/h3-11,16H,2,12-15H2,1H3,(H,32,36)(H2,30,31,35). The van der Waals surface area contributed by atoms with Crippen LogP contribution in [0.1, 0.15) is 6.92 Å². The van der Waals surface area contributed by atoms with Gasteiger partial charge in [0.1, 0.15) is 11.6 Å². The minimum absolute atomic E-state index is 0.245. The quantitative estimate of drug-likeness (QED) is 0.328. The van der Waals surface area contributed by atoms with Gasteiger partial charge in [0.15, 0.2) is 0 Å². The highest BCUT2D eigenvalue weighted by Crippen LogP contribution is 2.30. The number of halogens is 3. The van der Waals surface area contributed by atoms with Gasteiger partial charge in [0, 0.05) is 43.6 Å². The SMILES string of the molecule is CCOc1ccc(F)cc1NC(=O)Nc1ccc(N2CCN(C(=O)Nc3c(Cl)cccc3Cl)CC2)cc1. The first kappa shape index (κ1) is 26.4. The third-order valence-corrected chi connectivity index (χ3v) is 6.37. The summed E-state index contributed by atoms with van der Waals surface area (Å²) in [7, 11) is 0. The van der Waals surface area contributed by atoms with Gasteiger partial charge in [-0.3, -0.25) is 0 Å². The summed E-state index contributed by atoms with van der Waals surface area (Å²) < 4.78 is 19.1. The van der Waals surface area contributed by atoms with E-state index in [-0.39, 0.29) is 11.7 Å². The van der Waals surface area contributed by atoms with Crippen molar-refractivity contribution in [3.8, 4) is 5.75 Å². The van der Waals surface area contributed by atoms with E-state index in [1.807, 2.05) is 12.1 Å². The van der Waals surface area contributed by atoms with E-state index < -0.39 is 11.8 Å². The van der Waals surface area contributed by atoms with E-state index in [0.29, 0.717) is 60.0 Å². The van der Waals surface area contributed by atoms with Gasteiger partial charge in [0.25, 0.3) is 0 Å². The van der Waals surface area contributed by atoms with E-state index >= 15 is 0 Å². The molecule has 3 N–H and O–H groups in total. The Labute approximate surface area is 224 Å². The number of hydrogen-bond acceptors (Lipinski definition) is 4. The molecule has 0 unspecified atom stereocenters. The van der Waals surface area contributed by atoms with Crippen molar-refractivity contribution in [1.29, 1.82) is 0 Å². The number of nitrogens with one attached hydrogen (secondary N) is 3. The zero-order valence-corrected chi connectivity index (χ0v) is 21.6. The number of anilines is 4. The van der Waals surface area contributed by atoms with Gasteiger partial charge in [-0.15, -0.1) is 0 Å². The van der Waals surface area contributed by atoms with Crippen molar-refractivity contribution in [2.45, 2.75) is 6.92 Å². The summed E-state index contributed by atoms with van der Waals surface area (Å²) in [4.78, 5) is 29.0. The lowest BCUT2D eigenvalue weighted by Crippen LogP contribution is -2.50. The molecule has 0 atom stereocenters. The number of amides is 4. The third kappa shape index (κ3) is 6.75. The van der Waals surface area contributed by atoms with Crippen molar-refractivity contribution in [2.75, 3.05) is 53.6 Å². The third-order valence-electron chi connectivity index (χ3n) is 5.74. The number of benzene rings is 3. The smallest absolute Gasteiger partial charge is 0.323 e. The molecule has 1 heterocycles. The van der Waals surface area contributed by atoms with Gasteiger partial charge in [0.05, 0.1) is 28.0 Å². The summed E-state index contributed by atoms with van der Waals surface area (Å²) in [5.41, 5.74) is 2.18. The van der Waals surface area contributed by atoms with Crippen molar-refractivity contribution in [2.24, 2.45) is 0 Å². The molecule has 11 heteroatoms. The van der Waals surface area contributed by atoms with Crippen molar-refractivity contribution >= 4 is 58.0 Å². The Bertz CT molecular complexity index is 1250. The summed E-state index contributed by atoms with van der Waals surface area (Å²) in [5, 5.41) is 8.90. The minimum atomic E-state index is -0.516. The van der Waals surface area contributed by atoms with Gasteiger partial charge in [0.2, 0.25) is 0 Å². The summed E-state index contributed by atoms with van der Waals surface area (Å²) in [5.74, 6) is -0.0921. The lowest BCUT2D eigenvalue weighted by molar-refractivity contribution is 0.208. The molecule has 0 aliphatic carbocycles. The zero-order valence-electron chi connectivity index (χ0n) is 20.1. The van der Waals surface area contributed by atoms with Crippen molar-refractivity contribution in [3.05, 3.63) is 76.5 Å². The highest BCUT2D eigenvalue weighted by molar-refractivity contribution is 6.39. The van der Waals surface area contributed by atoms with Crippen LogP contribution in [-0.4, -0.2) is 49.7 Å². The lowest BCUT2D eigenvalue weighted by atomic mass is 10.2. The second-order valence-electron chi connectivity index (χ2n) is 8.20. The van der Waals surface area contributed by atoms with Crippen LogP contribution in [0.3, 0.4) is 0 Å². The fraction of sp³-hybridized carbons (Fsp3) is 0.231. The maximum absolute atomic E-state index is 13.6.